The standard InChI is InChI=1S/C15H22F2N2O.ClH/c1-19(15(20)6-4-2-3-5-9-18)11-12-7-8-13(16)14(17)10-12;/h7-8,10H,2-6,9,11,18H2,1H3;1H. The largest absolute Gasteiger partial charge is 0.341 e. The molecular formula is C15H23ClF2N2O. The summed E-state index contributed by atoms with van der Waals surface area (Å²) in [5.41, 5.74) is 5.98. The topological polar surface area (TPSA) is 46.3 Å². The Hall–Kier alpha value is -1.20. The van der Waals surface area contributed by atoms with Gasteiger partial charge in [0.1, 0.15) is 0 Å². The summed E-state index contributed by atoms with van der Waals surface area (Å²) < 4.78 is 25.9. The van der Waals surface area contributed by atoms with Crippen molar-refractivity contribution in [1.82, 2.24) is 4.90 Å². The number of hydrogen-bond acceptors (Lipinski definition) is 2. The lowest BCUT2D eigenvalue weighted by atomic mass is 10.1. The highest BCUT2D eigenvalue weighted by Gasteiger charge is 2.10. The Morgan fingerprint density at radius 2 is 1.81 bits per heavy atom. The summed E-state index contributed by atoms with van der Waals surface area (Å²) in [5.74, 6) is -1.74. The summed E-state index contributed by atoms with van der Waals surface area (Å²) in [5, 5.41) is 0. The van der Waals surface area contributed by atoms with Gasteiger partial charge in [0, 0.05) is 20.0 Å². The Morgan fingerprint density at radius 1 is 1.14 bits per heavy atom. The number of carbonyl (C=O) groups excluding carboxylic acids is 1. The quantitative estimate of drug-likeness (QED) is 0.747. The zero-order valence-electron chi connectivity index (χ0n) is 12.3. The Morgan fingerprint density at radius 3 is 2.43 bits per heavy atom. The van der Waals surface area contributed by atoms with E-state index in [4.69, 9.17) is 5.73 Å². The highest BCUT2D eigenvalue weighted by atomic mass is 35.5. The van der Waals surface area contributed by atoms with Gasteiger partial charge in [0.15, 0.2) is 11.6 Å². The molecule has 2 N–H and O–H groups in total. The van der Waals surface area contributed by atoms with Crippen LogP contribution in [-0.4, -0.2) is 24.4 Å². The molecule has 1 aromatic carbocycles. The second kappa shape index (κ2) is 10.5. The van der Waals surface area contributed by atoms with E-state index in [2.05, 4.69) is 0 Å². The number of hydrogen-bond donors (Lipinski definition) is 1. The van der Waals surface area contributed by atoms with Gasteiger partial charge in [-0.15, -0.1) is 12.4 Å². The fourth-order valence-electron chi connectivity index (χ4n) is 1.97. The molecule has 1 rings (SSSR count). The van der Waals surface area contributed by atoms with E-state index >= 15 is 0 Å². The Balaban J connectivity index is 0.00000400. The van der Waals surface area contributed by atoms with E-state index in [1.54, 1.807) is 7.05 Å². The molecule has 0 spiro atoms. The van der Waals surface area contributed by atoms with E-state index in [9.17, 15) is 13.6 Å². The second-order valence-electron chi connectivity index (χ2n) is 4.95. The zero-order valence-corrected chi connectivity index (χ0v) is 13.1. The van der Waals surface area contributed by atoms with Gasteiger partial charge < -0.3 is 10.6 Å². The number of carbonyl (C=O) groups is 1. The maximum Gasteiger partial charge on any atom is 0.222 e. The average molecular weight is 321 g/mol. The van der Waals surface area contributed by atoms with Crippen molar-refractivity contribution in [3.8, 4) is 0 Å². The molecule has 1 aromatic rings. The summed E-state index contributed by atoms with van der Waals surface area (Å²) in [4.78, 5) is 13.4. The SMILES string of the molecule is CN(Cc1ccc(F)c(F)c1)C(=O)CCCCCCN.Cl. The van der Waals surface area contributed by atoms with Gasteiger partial charge in [-0.2, -0.15) is 0 Å². The van der Waals surface area contributed by atoms with Crippen LogP contribution in [0.3, 0.4) is 0 Å². The molecule has 0 atom stereocenters. The third-order valence-electron chi connectivity index (χ3n) is 3.17. The molecule has 0 aliphatic carbocycles. The Labute approximate surface area is 130 Å². The third kappa shape index (κ3) is 7.39. The van der Waals surface area contributed by atoms with Gasteiger partial charge in [0.25, 0.3) is 0 Å². The van der Waals surface area contributed by atoms with Crippen LogP contribution in [0.1, 0.15) is 37.7 Å². The minimum Gasteiger partial charge on any atom is -0.341 e. The molecule has 0 fully saturated rings. The van der Waals surface area contributed by atoms with Gasteiger partial charge in [-0.3, -0.25) is 4.79 Å². The van der Waals surface area contributed by atoms with E-state index in [1.165, 1.54) is 11.0 Å². The van der Waals surface area contributed by atoms with Crippen molar-refractivity contribution in [1.29, 1.82) is 0 Å². The third-order valence-corrected chi connectivity index (χ3v) is 3.17. The highest BCUT2D eigenvalue weighted by Crippen LogP contribution is 2.12. The van der Waals surface area contributed by atoms with Gasteiger partial charge in [-0.1, -0.05) is 18.9 Å². The van der Waals surface area contributed by atoms with Gasteiger partial charge in [0.2, 0.25) is 5.91 Å². The molecule has 0 heterocycles. The van der Waals surface area contributed by atoms with E-state index in [0.717, 1.165) is 37.8 Å². The van der Waals surface area contributed by atoms with Crippen LogP contribution >= 0.6 is 12.4 Å². The number of halogens is 3. The van der Waals surface area contributed by atoms with Crippen LogP contribution in [0, 0.1) is 11.6 Å². The smallest absolute Gasteiger partial charge is 0.222 e. The van der Waals surface area contributed by atoms with Crippen molar-refractivity contribution in [3.63, 3.8) is 0 Å². The number of nitrogens with two attached hydrogens (primary N) is 1. The molecule has 0 unspecified atom stereocenters. The summed E-state index contributed by atoms with van der Waals surface area (Å²) in [6.45, 7) is 0.975. The van der Waals surface area contributed by atoms with Crippen molar-refractivity contribution in [2.45, 2.75) is 38.6 Å². The van der Waals surface area contributed by atoms with Crippen molar-refractivity contribution >= 4 is 18.3 Å². The first-order valence-corrected chi connectivity index (χ1v) is 6.92. The van der Waals surface area contributed by atoms with Crippen LogP contribution in [0.25, 0.3) is 0 Å². The lowest BCUT2D eigenvalue weighted by Gasteiger charge is -2.17. The summed E-state index contributed by atoms with van der Waals surface area (Å²) >= 11 is 0. The number of rotatable bonds is 8. The van der Waals surface area contributed by atoms with Crippen LogP contribution in [0.15, 0.2) is 18.2 Å². The molecular weight excluding hydrogens is 298 g/mol. The average Bonchev–Trinajstić information content (AvgIpc) is 2.42. The summed E-state index contributed by atoms with van der Waals surface area (Å²) in [6, 6.07) is 3.69. The molecule has 0 radical (unpaired) electrons. The predicted octanol–water partition coefficient (Wildman–Crippen LogP) is 3.25. The minimum absolute atomic E-state index is 0. The molecule has 6 heteroatoms. The first-order valence-electron chi connectivity index (χ1n) is 6.92. The predicted molar refractivity (Wildman–Crippen MR) is 82.2 cm³/mol. The summed E-state index contributed by atoms with van der Waals surface area (Å²) in [7, 11) is 1.67. The van der Waals surface area contributed by atoms with E-state index < -0.39 is 11.6 Å². The van der Waals surface area contributed by atoms with Crippen LogP contribution in [0.4, 0.5) is 8.78 Å². The van der Waals surface area contributed by atoms with Crippen molar-refractivity contribution in [3.05, 3.63) is 35.4 Å². The minimum atomic E-state index is -0.884. The Bertz CT molecular complexity index is 444. The molecule has 0 aliphatic heterocycles. The van der Waals surface area contributed by atoms with Crippen LogP contribution in [0.5, 0.6) is 0 Å². The fourth-order valence-corrected chi connectivity index (χ4v) is 1.97. The normalized spacial score (nSPS) is 10.1. The first-order chi connectivity index (χ1) is 9.54. The van der Waals surface area contributed by atoms with Crippen LogP contribution in [-0.2, 0) is 11.3 Å². The summed E-state index contributed by atoms with van der Waals surface area (Å²) in [6.07, 6.45) is 4.32. The van der Waals surface area contributed by atoms with Gasteiger partial charge in [-0.25, -0.2) is 8.78 Å². The zero-order chi connectivity index (χ0) is 15.0. The van der Waals surface area contributed by atoms with Crippen molar-refractivity contribution < 1.29 is 13.6 Å². The maximum atomic E-state index is 13.1. The van der Waals surface area contributed by atoms with Crippen LogP contribution < -0.4 is 5.73 Å². The monoisotopic (exact) mass is 320 g/mol. The van der Waals surface area contributed by atoms with Gasteiger partial charge in [-0.05, 0) is 37.1 Å². The van der Waals surface area contributed by atoms with Crippen molar-refractivity contribution in [2.24, 2.45) is 5.73 Å². The van der Waals surface area contributed by atoms with Crippen molar-refractivity contribution in [2.75, 3.05) is 13.6 Å². The van der Waals surface area contributed by atoms with E-state index in [-0.39, 0.29) is 18.3 Å². The van der Waals surface area contributed by atoms with Crippen LogP contribution in [0.2, 0.25) is 0 Å². The number of benzene rings is 1. The second-order valence-corrected chi connectivity index (χ2v) is 4.95. The molecule has 21 heavy (non-hydrogen) atoms. The van der Waals surface area contributed by atoms with E-state index in [0.29, 0.717) is 25.1 Å². The molecule has 0 saturated carbocycles. The molecule has 0 saturated heterocycles. The molecule has 0 aromatic heterocycles. The molecule has 3 nitrogen and oxygen atoms in total. The Kier molecular flexibility index (Phi) is 9.91. The number of amides is 1. The molecule has 120 valence electrons. The molecule has 0 aliphatic rings. The van der Waals surface area contributed by atoms with E-state index in [1.807, 2.05) is 0 Å². The number of unbranched alkanes of at least 4 members (excludes halogenated alkanes) is 3. The lowest BCUT2D eigenvalue weighted by molar-refractivity contribution is -0.130. The maximum absolute atomic E-state index is 13.1. The first kappa shape index (κ1) is 19.8. The van der Waals surface area contributed by atoms with Gasteiger partial charge >= 0.3 is 0 Å². The molecule has 0 bridgehead atoms. The fraction of sp³-hybridized carbons (Fsp3) is 0.533. The number of nitrogens with zero attached hydrogens (tertiary/aromatic N) is 1. The van der Waals surface area contributed by atoms with Gasteiger partial charge in [0.05, 0.1) is 0 Å². The lowest BCUT2D eigenvalue weighted by Crippen LogP contribution is -2.25. The highest BCUT2D eigenvalue weighted by molar-refractivity contribution is 5.85. The molecule has 1 amide bonds.